The molecule has 0 aromatic rings. The van der Waals surface area contributed by atoms with Crippen molar-refractivity contribution >= 4 is 30.2 Å². The second kappa shape index (κ2) is 7.05. The number of esters is 1. The van der Waals surface area contributed by atoms with Crippen molar-refractivity contribution in [2.45, 2.75) is 19.8 Å². The van der Waals surface area contributed by atoms with Crippen molar-refractivity contribution < 1.29 is 14.3 Å². The van der Waals surface area contributed by atoms with Crippen LogP contribution in [0.25, 0.3) is 0 Å². The number of primary amides is 1. The van der Waals surface area contributed by atoms with Gasteiger partial charge in [0.25, 0.3) is 0 Å². The topological polar surface area (TPSA) is 85.0 Å². The Morgan fingerprint density at radius 3 is 2.81 bits per heavy atom. The minimum atomic E-state index is -0.722. The van der Waals surface area contributed by atoms with Crippen LogP contribution in [-0.2, 0) is 9.53 Å². The Morgan fingerprint density at radius 1 is 1.56 bits per heavy atom. The van der Waals surface area contributed by atoms with Gasteiger partial charge < -0.3 is 15.4 Å². The number of carbonyl (C=O) groups is 2. The highest BCUT2D eigenvalue weighted by atomic mass is 35.5. The number of hydrogen-bond acceptors (Lipinski definition) is 3. The van der Waals surface area contributed by atoms with Crippen LogP contribution < -0.4 is 5.73 Å². The third-order valence-electron chi connectivity index (χ3n) is 2.06. The summed E-state index contributed by atoms with van der Waals surface area (Å²) < 4.78 is 4.81. The van der Waals surface area contributed by atoms with E-state index >= 15 is 0 Å². The Kier molecular flexibility index (Phi) is 6.48. The van der Waals surface area contributed by atoms with Gasteiger partial charge in [-0.3, -0.25) is 4.79 Å². The molecule has 0 spiro atoms. The molecular formula is C9H16ClN3O3. The highest BCUT2D eigenvalue weighted by molar-refractivity contribution is 5.95. The summed E-state index contributed by atoms with van der Waals surface area (Å²) in [5.74, 6) is 0.270. The van der Waals surface area contributed by atoms with Crippen LogP contribution in [0.2, 0.25) is 0 Å². The van der Waals surface area contributed by atoms with Crippen molar-refractivity contribution in [1.29, 1.82) is 0 Å². The summed E-state index contributed by atoms with van der Waals surface area (Å²) >= 11 is 0. The van der Waals surface area contributed by atoms with Crippen molar-refractivity contribution in [3.8, 4) is 0 Å². The summed E-state index contributed by atoms with van der Waals surface area (Å²) in [5.41, 5.74) is 4.95. The van der Waals surface area contributed by atoms with Crippen LogP contribution in [0.5, 0.6) is 0 Å². The number of amidine groups is 1. The Hall–Kier alpha value is -1.30. The number of ether oxygens (including phenoxy) is 1. The van der Waals surface area contributed by atoms with Crippen LogP contribution in [0, 0.1) is 0 Å². The number of hydrogen-bond donors (Lipinski definition) is 1. The van der Waals surface area contributed by atoms with Crippen molar-refractivity contribution in [1.82, 2.24) is 4.90 Å². The summed E-state index contributed by atoms with van der Waals surface area (Å²) in [6, 6.07) is -0.722. The molecule has 0 bridgehead atoms. The molecule has 1 fully saturated rings. The minimum absolute atomic E-state index is 0. The number of urea groups is 1. The van der Waals surface area contributed by atoms with Gasteiger partial charge in [0, 0.05) is 13.0 Å². The molecule has 1 saturated heterocycles. The molecule has 0 aromatic heterocycles. The van der Waals surface area contributed by atoms with Gasteiger partial charge in [0.2, 0.25) is 0 Å². The average molecular weight is 250 g/mol. The molecule has 0 radical (unpaired) electrons. The van der Waals surface area contributed by atoms with Gasteiger partial charge in [0.15, 0.2) is 0 Å². The van der Waals surface area contributed by atoms with E-state index in [9.17, 15) is 9.59 Å². The highest BCUT2D eigenvalue weighted by Crippen LogP contribution is 2.11. The van der Waals surface area contributed by atoms with Gasteiger partial charge in [-0.25, -0.2) is 4.79 Å². The lowest BCUT2D eigenvalue weighted by Crippen LogP contribution is -2.33. The van der Waals surface area contributed by atoms with Gasteiger partial charge in [-0.1, -0.05) is 0 Å². The van der Waals surface area contributed by atoms with E-state index in [0.717, 1.165) is 6.42 Å². The summed E-state index contributed by atoms with van der Waals surface area (Å²) in [7, 11) is 0. The van der Waals surface area contributed by atoms with E-state index in [1.165, 1.54) is 0 Å². The quantitative estimate of drug-likeness (QED) is 0.740. The Morgan fingerprint density at radius 2 is 2.25 bits per heavy atom. The van der Waals surface area contributed by atoms with Gasteiger partial charge in [-0.15, -0.1) is 12.4 Å². The molecule has 0 aliphatic carbocycles. The predicted molar refractivity (Wildman–Crippen MR) is 61.7 cm³/mol. The smallest absolute Gasteiger partial charge is 0.339 e. The maximum absolute atomic E-state index is 11.2. The van der Waals surface area contributed by atoms with Crippen LogP contribution in [0.15, 0.2) is 4.99 Å². The number of halogens is 1. The van der Waals surface area contributed by atoms with Gasteiger partial charge in [0.05, 0.1) is 6.61 Å². The molecule has 0 unspecified atom stereocenters. The molecule has 16 heavy (non-hydrogen) atoms. The minimum Gasteiger partial charge on any atom is -0.465 e. The molecule has 1 heterocycles. The number of carbonyl (C=O) groups excluding carboxylic acids is 2. The fourth-order valence-electron chi connectivity index (χ4n) is 1.50. The highest BCUT2D eigenvalue weighted by Gasteiger charge is 2.21. The first kappa shape index (κ1) is 14.7. The number of nitrogens with zero attached hydrogens (tertiary/aromatic N) is 2. The molecule has 6 nitrogen and oxygen atoms in total. The fourth-order valence-corrected chi connectivity index (χ4v) is 1.50. The molecule has 0 atom stereocenters. The van der Waals surface area contributed by atoms with Crippen LogP contribution in [0.1, 0.15) is 19.8 Å². The number of aliphatic imine (C=N–C) groups is 1. The standard InChI is InChI=1S/C9H15N3O3.ClH/c1-2-15-8(13)6-12-5-3-4-7(12)11-9(10)14;/h2-6H2,1H3,(H2,10,14);1H/b11-7-;. The van der Waals surface area contributed by atoms with E-state index in [2.05, 4.69) is 4.99 Å². The largest absolute Gasteiger partial charge is 0.465 e. The Bertz CT molecular complexity index is 294. The fraction of sp³-hybridized carbons (Fsp3) is 0.667. The number of amides is 2. The first-order valence-corrected chi connectivity index (χ1v) is 4.91. The molecule has 1 aliphatic heterocycles. The normalized spacial score (nSPS) is 17.1. The average Bonchev–Trinajstić information content (AvgIpc) is 2.52. The van der Waals surface area contributed by atoms with Gasteiger partial charge in [-0.2, -0.15) is 4.99 Å². The zero-order valence-electron chi connectivity index (χ0n) is 9.14. The molecule has 7 heteroatoms. The van der Waals surface area contributed by atoms with Crippen molar-refractivity contribution in [2.75, 3.05) is 19.7 Å². The van der Waals surface area contributed by atoms with E-state index in [1.807, 2.05) is 0 Å². The Labute approximate surface area is 100 Å². The lowest BCUT2D eigenvalue weighted by atomic mass is 10.4. The number of likely N-dealkylation sites (tertiary alicyclic amines) is 1. The first-order valence-electron chi connectivity index (χ1n) is 4.91. The zero-order chi connectivity index (χ0) is 11.3. The summed E-state index contributed by atoms with van der Waals surface area (Å²) in [6.07, 6.45) is 1.56. The van der Waals surface area contributed by atoms with Crippen LogP contribution >= 0.6 is 12.4 Å². The van der Waals surface area contributed by atoms with E-state index in [4.69, 9.17) is 10.5 Å². The monoisotopic (exact) mass is 249 g/mol. The molecule has 2 amide bonds. The Balaban J connectivity index is 0.00000225. The van der Waals surface area contributed by atoms with Gasteiger partial charge >= 0.3 is 12.0 Å². The number of rotatable bonds is 3. The maximum Gasteiger partial charge on any atom is 0.339 e. The van der Waals surface area contributed by atoms with Crippen LogP contribution in [0.3, 0.4) is 0 Å². The molecule has 0 saturated carbocycles. The molecule has 1 rings (SSSR count). The van der Waals surface area contributed by atoms with Crippen molar-refractivity contribution in [3.63, 3.8) is 0 Å². The van der Waals surface area contributed by atoms with Crippen LogP contribution in [0.4, 0.5) is 4.79 Å². The summed E-state index contributed by atoms with van der Waals surface area (Å²) in [5, 5.41) is 0. The second-order valence-electron chi connectivity index (χ2n) is 3.20. The third-order valence-corrected chi connectivity index (χ3v) is 2.06. The van der Waals surface area contributed by atoms with Gasteiger partial charge in [0.1, 0.15) is 12.4 Å². The number of nitrogens with two attached hydrogens (primary N) is 1. The zero-order valence-corrected chi connectivity index (χ0v) is 9.96. The molecule has 2 N–H and O–H groups in total. The first-order chi connectivity index (χ1) is 7.13. The summed E-state index contributed by atoms with van der Waals surface area (Å²) in [4.78, 5) is 27.2. The van der Waals surface area contributed by atoms with Crippen molar-refractivity contribution in [3.05, 3.63) is 0 Å². The van der Waals surface area contributed by atoms with E-state index in [0.29, 0.717) is 25.4 Å². The van der Waals surface area contributed by atoms with E-state index in [-0.39, 0.29) is 24.9 Å². The van der Waals surface area contributed by atoms with Gasteiger partial charge in [-0.05, 0) is 13.3 Å². The SMILES string of the molecule is CCOC(=O)CN1CCC/C1=N/C(N)=O.Cl. The van der Waals surface area contributed by atoms with Crippen molar-refractivity contribution in [2.24, 2.45) is 10.7 Å². The van der Waals surface area contributed by atoms with Crippen LogP contribution in [-0.4, -0.2) is 42.4 Å². The lowest BCUT2D eigenvalue weighted by Gasteiger charge is -2.16. The summed E-state index contributed by atoms with van der Waals surface area (Å²) in [6.45, 7) is 2.96. The molecule has 0 aromatic carbocycles. The lowest BCUT2D eigenvalue weighted by molar-refractivity contribution is -0.143. The molecule has 1 aliphatic rings. The van der Waals surface area contributed by atoms with E-state index in [1.54, 1.807) is 11.8 Å². The second-order valence-corrected chi connectivity index (χ2v) is 3.20. The molecular weight excluding hydrogens is 234 g/mol. The maximum atomic E-state index is 11.2. The molecule has 92 valence electrons. The third kappa shape index (κ3) is 4.48. The van der Waals surface area contributed by atoms with E-state index < -0.39 is 6.03 Å². The predicted octanol–water partition coefficient (Wildman–Crippen LogP) is 0.544.